The van der Waals surface area contributed by atoms with Crippen LogP contribution in [0.5, 0.6) is 0 Å². The summed E-state index contributed by atoms with van der Waals surface area (Å²) in [6.07, 6.45) is 1.09. The van der Waals surface area contributed by atoms with Crippen LogP contribution < -0.4 is 0 Å². The van der Waals surface area contributed by atoms with Crippen LogP contribution in [0.3, 0.4) is 0 Å². The molecule has 1 aromatic carbocycles. The second-order valence-electron chi connectivity index (χ2n) is 7.47. The summed E-state index contributed by atoms with van der Waals surface area (Å²) in [5.74, 6) is 0.724. The smallest absolute Gasteiger partial charge is 0.263 e. The number of amides is 1. The Balaban J connectivity index is 1.53. The van der Waals surface area contributed by atoms with Crippen molar-refractivity contribution in [2.75, 3.05) is 46.4 Å². The monoisotopic (exact) mass is 358 g/mol. The number of carbonyl (C=O) groups excluding carboxylic acids is 1. The maximum Gasteiger partial charge on any atom is 0.263 e. The molecule has 134 valence electrons. The van der Waals surface area contributed by atoms with Gasteiger partial charge in [0.25, 0.3) is 5.91 Å². The van der Waals surface area contributed by atoms with Crippen molar-refractivity contribution in [1.29, 1.82) is 0 Å². The summed E-state index contributed by atoms with van der Waals surface area (Å²) in [6, 6.07) is 10.3. The first kappa shape index (κ1) is 17.0. The lowest BCUT2D eigenvalue weighted by Gasteiger charge is -2.30. The lowest BCUT2D eigenvalue weighted by molar-refractivity contribution is 0.0720. The average molecular weight is 359 g/mol. The van der Waals surface area contributed by atoms with E-state index in [-0.39, 0.29) is 11.3 Å². The third-order valence-corrected chi connectivity index (χ3v) is 7.11. The molecule has 25 heavy (non-hydrogen) atoms. The number of carbonyl (C=O) groups is 1. The summed E-state index contributed by atoms with van der Waals surface area (Å²) in [6.45, 7) is 8.00. The Labute approximate surface area is 153 Å². The van der Waals surface area contributed by atoms with E-state index in [1.54, 1.807) is 18.4 Å². The van der Waals surface area contributed by atoms with E-state index in [4.69, 9.17) is 4.74 Å². The molecule has 1 spiro atoms. The minimum atomic E-state index is 0.198. The molecule has 2 fully saturated rings. The zero-order valence-electron chi connectivity index (χ0n) is 15.0. The molecule has 2 aliphatic heterocycles. The molecular formula is C20H26N2O2S. The van der Waals surface area contributed by atoms with Crippen LogP contribution in [0, 0.1) is 11.3 Å². The molecule has 2 saturated heterocycles. The number of hydrogen-bond acceptors (Lipinski definition) is 4. The number of nitrogens with zero attached hydrogens (tertiary/aromatic N) is 2. The lowest BCUT2D eigenvalue weighted by atomic mass is 9.77. The van der Waals surface area contributed by atoms with Crippen molar-refractivity contribution < 1.29 is 9.53 Å². The first-order valence-corrected chi connectivity index (χ1v) is 9.96. The van der Waals surface area contributed by atoms with Crippen molar-refractivity contribution in [3.8, 4) is 0 Å². The van der Waals surface area contributed by atoms with Gasteiger partial charge in [0.2, 0.25) is 0 Å². The van der Waals surface area contributed by atoms with E-state index >= 15 is 0 Å². The Hall–Kier alpha value is -1.43. The number of likely N-dealkylation sites (tertiary alicyclic amines) is 2. The number of thiophene rings is 1. The fraction of sp³-hybridized carbons (Fsp3) is 0.550. The molecule has 1 aromatic heterocycles. The summed E-state index contributed by atoms with van der Waals surface area (Å²) < 4.78 is 6.69. The number of hydrogen-bond donors (Lipinski definition) is 0. The van der Waals surface area contributed by atoms with Gasteiger partial charge < -0.3 is 14.5 Å². The standard InChI is InChI=1S/C20H26N2O2S/c1-3-21-11-16(12-24-2)20(13-21)8-9-22(14-20)19(23)18-10-15-6-4-5-7-17(15)25-18/h4-7,10,16H,3,8-9,11-14H2,1-2H3/t16-,20+/m1/s1. The largest absolute Gasteiger partial charge is 0.384 e. The normalized spacial score (nSPS) is 27.0. The van der Waals surface area contributed by atoms with E-state index in [0.717, 1.165) is 50.6 Å². The van der Waals surface area contributed by atoms with Crippen LogP contribution in [0.25, 0.3) is 10.1 Å². The second kappa shape index (κ2) is 6.71. The predicted octanol–water partition coefficient (Wildman–Crippen LogP) is 3.33. The van der Waals surface area contributed by atoms with E-state index in [2.05, 4.69) is 28.9 Å². The zero-order valence-corrected chi connectivity index (χ0v) is 15.8. The maximum atomic E-state index is 13.1. The van der Waals surface area contributed by atoms with Gasteiger partial charge >= 0.3 is 0 Å². The SMILES string of the molecule is CCN1C[C@H](COC)[C@@]2(CCN(C(=O)c3cc4ccccc4s3)C2)C1. The molecule has 2 aliphatic rings. The van der Waals surface area contributed by atoms with Crippen LogP contribution in [0.4, 0.5) is 0 Å². The highest BCUT2D eigenvalue weighted by Gasteiger charge is 2.50. The molecule has 0 aliphatic carbocycles. The molecule has 0 N–H and O–H groups in total. The molecule has 0 radical (unpaired) electrons. The van der Waals surface area contributed by atoms with Crippen molar-refractivity contribution >= 4 is 27.3 Å². The van der Waals surface area contributed by atoms with E-state index in [1.165, 1.54) is 10.1 Å². The van der Waals surface area contributed by atoms with E-state index in [0.29, 0.717) is 5.92 Å². The number of ether oxygens (including phenoxy) is 1. The van der Waals surface area contributed by atoms with Crippen molar-refractivity contribution in [3.63, 3.8) is 0 Å². The average Bonchev–Trinajstić information content (AvgIpc) is 3.33. The summed E-state index contributed by atoms with van der Waals surface area (Å²) >= 11 is 1.61. The van der Waals surface area contributed by atoms with Crippen LogP contribution in [0.2, 0.25) is 0 Å². The quantitative estimate of drug-likeness (QED) is 0.840. The van der Waals surface area contributed by atoms with E-state index < -0.39 is 0 Å². The van der Waals surface area contributed by atoms with Gasteiger partial charge in [0, 0.05) is 49.3 Å². The van der Waals surface area contributed by atoms with E-state index in [9.17, 15) is 4.79 Å². The molecule has 0 unspecified atom stereocenters. The summed E-state index contributed by atoms with van der Waals surface area (Å²) in [4.78, 5) is 18.5. The van der Waals surface area contributed by atoms with Crippen molar-refractivity contribution in [2.24, 2.45) is 11.3 Å². The predicted molar refractivity (Wildman–Crippen MR) is 102 cm³/mol. The molecular weight excluding hydrogens is 332 g/mol. The van der Waals surface area contributed by atoms with Gasteiger partial charge in [-0.3, -0.25) is 4.79 Å². The number of rotatable bonds is 4. The molecule has 2 aromatic rings. The molecule has 0 saturated carbocycles. The number of benzene rings is 1. The van der Waals surface area contributed by atoms with Gasteiger partial charge in [-0.15, -0.1) is 11.3 Å². The molecule has 5 heteroatoms. The van der Waals surface area contributed by atoms with Crippen molar-refractivity contribution in [3.05, 3.63) is 35.2 Å². The second-order valence-corrected chi connectivity index (χ2v) is 8.55. The summed E-state index contributed by atoms with van der Waals surface area (Å²) in [5, 5.41) is 1.17. The van der Waals surface area contributed by atoms with Crippen molar-refractivity contribution in [1.82, 2.24) is 9.80 Å². The van der Waals surface area contributed by atoms with Crippen LogP contribution in [0.1, 0.15) is 23.0 Å². The van der Waals surface area contributed by atoms with Gasteiger partial charge in [0.05, 0.1) is 11.5 Å². The summed E-state index contributed by atoms with van der Waals surface area (Å²) in [7, 11) is 1.79. The Bertz CT molecular complexity index is 741. The van der Waals surface area contributed by atoms with Gasteiger partial charge in [-0.2, -0.15) is 0 Å². The fourth-order valence-corrected chi connectivity index (χ4v) is 5.62. The summed E-state index contributed by atoms with van der Waals surface area (Å²) in [5.41, 5.74) is 0.207. The van der Waals surface area contributed by atoms with Crippen LogP contribution >= 0.6 is 11.3 Å². The van der Waals surface area contributed by atoms with E-state index in [1.807, 2.05) is 18.2 Å². The van der Waals surface area contributed by atoms with Gasteiger partial charge in [-0.25, -0.2) is 0 Å². The number of methoxy groups -OCH3 is 1. The topological polar surface area (TPSA) is 32.8 Å². The Kier molecular flexibility index (Phi) is 4.56. The van der Waals surface area contributed by atoms with Gasteiger partial charge in [-0.05, 0) is 30.5 Å². The third-order valence-electron chi connectivity index (χ3n) is 6.01. The Morgan fingerprint density at radius 3 is 2.96 bits per heavy atom. The molecule has 4 nitrogen and oxygen atoms in total. The third kappa shape index (κ3) is 2.98. The van der Waals surface area contributed by atoms with Crippen LogP contribution in [0.15, 0.2) is 30.3 Å². The van der Waals surface area contributed by atoms with Crippen LogP contribution in [-0.4, -0.2) is 62.1 Å². The minimum absolute atomic E-state index is 0.198. The highest BCUT2D eigenvalue weighted by atomic mass is 32.1. The van der Waals surface area contributed by atoms with Crippen LogP contribution in [-0.2, 0) is 4.74 Å². The number of fused-ring (bicyclic) bond motifs is 1. The molecule has 3 heterocycles. The van der Waals surface area contributed by atoms with Gasteiger partial charge in [-0.1, -0.05) is 25.1 Å². The fourth-order valence-electron chi connectivity index (χ4n) is 4.59. The molecule has 0 bridgehead atoms. The first-order valence-electron chi connectivity index (χ1n) is 9.14. The van der Waals surface area contributed by atoms with Crippen molar-refractivity contribution in [2.45, 2.75) is 13.3 Å². The maximum absolute atomic E-state index is 13.1. The van der Waals surface area contributed by atoms with Gasteiger partial charge in [0.1, 0.15) is 0 Å². The zero-order chi connectivity index (χ0) is 17.4. The molecule has 2 atom stereocenters. The molecule has 1 amide bonds. The first-order chi connectivity index (χ1) is 12.1. The Morgan fingerprint density at radius 2 is 2.20 bits per heavy atom. The molecule has 4 rings (SSSR count). The Morgan fingerprint density at radius 1 is 1.36 bits per heavy atom. The highest BCUT2D eigenvalue weighted by molar-refractivity contribution is 7.20. The minimum Gasteiger partial charge on any atom is -0.384 e. The lowest BCUT2D eigenvalue weighted by Crippen LogP contribution is -2.38. The highest BCUT2D eigenvalue weighted by Crippen LogP contribution is 2.44. The van der Waals surface area contributed by atoms with Gasteiger partial charge in [0.15, 0.2) is 0 Å².